The summed E-state index contributed by atoms with van der Waals surface area (Å²) < 4.78 is 44.4. The lowest BCUT2D eigenvalue weighted by Gasteiger charge is -2.20. The van der Waals surface area contributed by atoms with Crippen molar-refractivity contribution in [3.05, 3.63) is 41.6 Å². The van der Waals surface area contributed by atoms with Crippen LogP contribution in [-0.2, 0) is 11.3 Å². The molecule has 0 fully saturated rings. The van der Waals surface area contributed by atoms with Crippen LogP contribution in [0, 0.1) is 0 Å². The predicted molar refractivity (Wildman–Crippen MR) is 107 cm³/mol. The van der Waals surface area contributed by atoms with Gasteiger partial charge in [0.25, 0.3) is 11.9 Å². The van der Waals surface area contributed by atoms with E-state index in [0.717, 1.165) is 10.5 Å². The summed E-state index contributed by atoms with van der Waals surface area (Å²) in [4.78, 5) is 31.1. The van der Waals surface area contributed by atoms with Crippen molar-refractivity contribution in [2.45, 2.75) is 25.6 Å². The third-order valence-electron chi connectivity index (χ3n) is 4.41. The number of anilines is 1. The first-order valence-electron chi connectivity index (χ1n) is 9.56. The molecule has 1 heterocycles. The number of benzene rings is 1. The van der Waals surface area contributed by atoms with Crippen LogP contribution in [-0.4, -0.2) is 71.9 Å². The topological polar surface area (TPSA) is 87.9 Å². The number of carbonyl (C=O) groups excluding carboxylic acids is 2. The molecule has 1 aromatic carbocycles. The molecule has 2 amide bonds. The number of alkyl halides is 3. The van der Waals surface area contributed by atoms with Crippen LogP contribution in [0.1, 0.15) is 28.9 Å². The maximum atomic E-state index is 13.2. The molecule has 1 N–H and O–H groups in total. The third kappa shape index (κ3) is 6.71. The van der Waals surface area contributed by atoms with E-state index in [1.54, 1.807) is 30.3 Å². The van der Waals surface area contributed by atoms with Crippen LogP contribution in [0.5, 0.6) is 6.01 Å². The van der Waals surface area contributed by atoms with Crippen molar-refractivity contribution < 1.29 is 32.6 Å². The Morgan fingerprint density at radius 1 is 1.26 bits per heavy atom. The molecule has 31 heavy (non-hydrogen) atoms. The molecule has 1 aromatic heterocycles. The lowest BCUT2D eigenvalue weighted by molar-refractivity contribution is -0.140. The molecule has 8 nitrogen and oxygen atoms in total. The molecule has 2 rings (SSSR count). The lowest BCUT2D eigenvalue weighted by atomic mass is 10.2. The Balaban J connectivity index is 2.51. The van der Waals surface area contributed by atoms with Gasteiger partial charge in [-0.1, -0.05) is 30.3 Å². The van der Waals surface area contributed by atoms with E-state index in [2.05, 4.69) is 4.98 Å². The molecule has 2 aromatic rings. The molecule has 0 radical (unpaired) electrons. The maximum Gasteiger partial charge on any atom is 0.392 e. The summed E-state index contributed by atoms with van der Waals surface area (Å²) in [5, 5.41) is 9.04. The fraction of sp³-hybridized carbons (Fsp3) is 0.450. The van der Waals surface area contributed by atoms with Gasteiger partial charge in [0, 0.05) is 27.2 Å². The minimum absolute atomic E-state index is 0.000835. The van der Waals surface area contributed by atoms with Crippen molar-refractivity contribution in [3.63, 3.8) is 0 Å². The highest BCUT2D eigenvalue weighted by molar-refractivity contribution is 5.99. The molecule has 11 heteroatoms. The van der Waals surface area contributed by atoms with Crippen LogP contribution in [0.25, 0.3) is 0 Å². The summed E-state index contributed by atoms with van der Waals surface area (Å²) >= 11 is 0. The fourth-order valence-electron chi connectivity index (χ4n) is 2.80. The smallest absolute Gasteiger partial charge is 0.392 e. The number of amides is 2. The van der Waals surface area contributed by atoms with Gasteiger partial charge in [0.2, 0.25) is 6.41 Å². The standard InChI is InChI=1S/C20H25F3N4O4/c1-25(10-6-11-28)18(30)16-17(26(2)14-29)24-19(31-12-9-20(21,22)23)27(16)13-15-7-4-3-5-8-15/h3-5,7-8,14,28H,6,9-13H2,1-2H3. The number of rotatable bonds is 11. The quantitative estimate of drug-likeness (QED) is 0.540. The lowest BCUT2D eigenvalue weighted by Crippen LogP contribution is -2.32. The molecular formula is C20H25F3N4O4. The first-order valence-corrected chi connectivity index (χ1v) is 9.56. The summed E-state index contributed by atoms with van der Waals surface area (Å²) in [7, 11) is 2.90. The molecule has 0 aliphatic carbocycles. The summed E-state index contributed by atoms with van der Waals surface area (Å²) in [6.45, 7) is -0.474. The number of halogens is 3. The number of ether oxygens (including phenoxy) is 1. The second-order valence-corrected chi connectivity index (χ2v) is 6.87. The van der Waals surface area contributed by atoms with Gasteiger partial charge < -0.3 is 19.6 Å². The highest BCUT2D eigenvalue weighted by Crippen LogP contribution is 2.28. The van der Waals surface area contributed by atoms with E-state index < -0.39 is 25.1 Å². The van der Waals surface area contributed by atoms with Crippen LogP contribution in [0.15, 0.2) is 30.3 Å². The van der Waals surface area contributed by atoms with Crippen LogP contribution < -0.4 is 9.64 Å². The van der Waals surface area contributed by atoms with Crippen molar-refractivity contribution in [2.24, 2.45) is 0 Å². The number of hydrogen-bond acceptors (Lipinski definition) is 5. The number of imidazole rings is 1. The van der Waals surface area contributed by atoms with Gasteiger partial charge in [-0.05, 0) is 12.0 Å². The van der Waals surface area contributed by atoms with E-state index in [0.29, 0.717) is 12.8 Å². The van der Waals surface area contributed by atoms with Crippen molar-refractivity contribution >= 4 is 18.1 Å². The van der Waals surface area contributed by atoms with Crippen molar-refractivity contribution in [1.82, 2.24) is 14.5 Å². The Morgan fingerprint density at radius 3 is 2.52 bits per heavy atom. The van der Waals surface area contributed by atoms with E-state index in [1.807, 2.05) is 0 Å². The molecule has 0 bridgehead atoms. The van der Waals surface area contributed by atoms with Gasteiger partial charge in [-0.15, -0.1) is 0 Å². The molecule has 0 unspecified atom stereocenters. The molecule has 0 saturated carbocycles. The van der Waals surface area contributed by atoms with Gasteiger partial charge in [-0.3, -0.25) is 14.2 Å². The van der Waals surface area contributed by atoms with Gasteiger partial charge in [-0.2, -0.15) is 18.2 Å². The molecule has 170 valence electrons. The minimum Gasteiger partial charge on any atom is -0.464 e. The summed E-state index contributed by atoms with van der Waals surface area (Å²) in [6.07, 6.45) is -4.83. The molecule has 0 saturated heterocycles. The van der Waals surface area contributed by atoms with E-state index in [4.69, 9.17) is 9.84 Å². The van der Waals surface area contributed by atoms with Crippen LogP contribution >= 0.6 is 0 Å². The molecule has 0 atom stereocenters. The minimum atomic E-state index is -4.41. The van der Waals surface area contributed by atoms with Crippen molar-refractivity contribution in [1.29, 1.82) is 0 Å². The molecule has 0 spiro atoms. The zero-order valence-electron chi connectivity index (χ0n) is 17.3. The van der Waals surface area contributed by atoms with E-state index in [1.165, 1.54) is 23.6 Å². The van der Waals surface area contributed by atoms with Gasteiger partial charge >= 0.3 is 6.18 Å². The van der Waals surface area contributed by atoms with Gasteiger partial charge in [0.05, 0.1) is 13.0 Å². The second kappa shape index (κ2) is 10.8. The molecule has 0 aliphatic heterocycles. The molecule has 0 aliphatic rings. The first kappa shape index (κ1) is 24.2. The Hall–Kier alpha value is -3.08. The number of aromatic nitrogens is 2. The summed E-state index contributed by atoms with van der Waals surface area (Å²) in [5.41, 5.74) is 0.758. The highest BCUT2D eigenvalue weighted by atomic mass is 19.4. The largest absolute Gasteiger partial charge is 0.464 e. The normalized spacial score (nSPS) is 11.3. The van der Waals surface area contributed by atoms with Crippen molar-refractivity contribution in [2.75, 3.05) is 38.8 Å². The van der Waals surface area contributed by atoms with E-state index in [-0.39, 0.29) is 37.2 Å². The Bertz CT molecular complexity index is 871. The second-order valence-electron chi connectivity index (χ2n) is 6.87. The number of aliphatic hydroxyl groups excluding tert-OH is 1. The maximum absolute atomic E-state index is 13.2. The molecular weight excluding hydrogens is 417 g/mol. The average Bonchev–Trinajstić information content (AvgIpc) is 3.08. The van der Waals surface area contributed by atoms with Crippen molar-refractivity contribution in [3.8, 4) is 6.01 Å². The summed E-state index contributed by atoms with van der Waals surface area (Å²) in [6, 6.07) is 8.74. The predicted octanol–water partition coefficient (Wildman–Crippen LogP) is 2.31. The number of aliphatic hydroxyl groups is 1. The number of hydrogen-bond donors (Lipinski definition) is 1. The first-order chi connectivity index (χ1) is 14.7. The highest BCUT2D eigenvalue weighted by Gasteiger charge is 2.30. The third-order valence-corrected chi connectivity index (χ3v) is 4.41. The SMILES string of the molecule is CN(CCCO)C(=O)c1c(N(C)C=O)nc(OCCC(F)(F)F)n1Cc1ccccc1. The van der Waals surface area contributed by atoms with Gasteiger partial charge in [-0.25, -0.2) is 0 Å². The average molecular weight is 442 g/mol. The number of nitrogens with zero attached hydrogens (tertiary/aromatic N) is 4. The van der Waals surface area contributed by atoms with Crippen LogP contribution in [0.4, 0.5) is 19.0 Å². The van der Waals surface area contributed by atoms with Gasteiger partial charge in [0.1, 0.15) is 6.61 Å². The van der Waals surface area contributed by atoms with E-state index in [9.17, 15) is 22.8 Å². The van der Waals surface area contributed by atoms with Crippen LogP contribution in [0.3, 0.4) is 0 Å². The van der Waals surface area contributed by atoms with E-state index >= 15 is 0 Å². The monoisotopic (exact) mass is 442 g/mol. The number of carbonyl (C=O) groups is 2. The van der Waals surface area contributed by atoms with Gasteiger partial charge in [0.15, 0.2) is 11.5 Å². The zero-order chi connectivity index (χ0) is 23.0. The fourth-order valence-corrected chi connectivity index (χ4v) is 2.80. The Morgan fingerprint density at radius 2 is 1.94 bits per heavy atom. The zero-order valence-corrected chi connectivity index (χ0v) is 17.3. The Kier molecular flexibility index (Phi) is 8.43. The Labute approximate surface area is 177 Å². The van der Waals surface area contributed by atoms with Crippen LogP contribution in [0.2, 0.25) is 0 Å². The summed E-state index contributed by atoms with van der Waals surface area (Å²) in [5.74, 6) is -0.542.